The SMILES string of the molecule is NC1c2cc(C(=O)c3ccc(C=NN4CCCCC4)cc3)ccc2CCN1CC(=O)OCCO. The zero-order valence-electron chi connectivity index (χ0n) is 19.4. The van der Waals surface area contributed by atoms with E-state index >= 15 is 0 Å². The fraction of sp³-hybridized carbons (Fsp3) is 0.423. The summed E-state index contributed by atoms with van der Waals surface area (Å²) in [6.07, 6.45) is 5.70. The summed E-state index contributed by atoms with van der Waals surface area (Å²) in [4.78, 5) is 26.9. The third-order valence-electron chi connectivity index (χ3n) is 6.35. The van der Waals surface area contributed by atoms with Gasteiger partial charge in [0.1, 0.15) is 6.61 Å². The molecule has 4 rings (SSSR count). The Bertz CT molecular complexity index is 1030. The molecule has 0 aliphatic carbocycles. The number of piperidine rings is 1. The predicted octanol–water partition coefficient (Wildman–Crippen LogP) is 2.09. The van der Waals surface area contributed by atoms with Crippen LogP contribution in [0.25, 0.3) is 0 Å². The number of nitrogens with two attached hydrogens (primary N) is 1. The molecule has 0 bridgehead atoms. The van der Waals surface area contributed by atoms with E-state index in [0.29, 0.717) is 17.7 Å². The van der Waals surface area contributed by atoms with Crippen LogP contribution < -0.4 is 5.73 Å². The zero-order valence-corrected chi connectivity index (χ0v) is 19.4. The predicted molar refractivity (Wildman–Crippen MR) is 130 cm³/mol. The summed E-state index contributed by atoms with van der Waals surface area (Å²) in [6.45, 7) is 2.41. The largest absolute Gasteiger partial charge is 0.462 e. The quantitative estimate of drug-likeness (QED) is 0.350. The lowest BCUT2D eigenvalue weighted by Crippen LogP contribution is -2.43. The van der Waals surface area contributed by atoms with Gasteiger partial charge in [-0.25, -0.2) is 0 Å². The van der Waals surface area contributed by atoms with E-state index in [-0.39, 0.29) is 25.5 Å². The van der Waals surface area contributed by atoms with Gasteiger partial charge in [-0.3, -0.25) is 19.5 Å². The number of carbonyl (C=O) groups is 2. The van der Waals surface area contributed by atoms with Crippen molar-refractivity contribution in [2.24, 2.45) is 10.8 Å². The van der Waals surface area contributed by atoms with E-state index in [2.05, 4.69) is 10.1 Å². The highest BCUT2D eigenvalue weighted by Crippen LogP contribution is 2.28. The van der Waals surface area contributed by atoms with Crippen LogP contribution in [0, 0.1) is 0 Å². The third-order valence-corrected chi connectivity index (χ3v) is 6.35. The van der Waals surface area contributed by atoms with E-state index in [1.165, 1.54) is 19.3 Å². The number of hydrazone groups is 1. The van der Waals surface area contributed by atoms with Crippen LogP contribution in [0.3, 0.4) is 0 Å². The van der Waals surface area contributed by atoms with Gasteiger partial charge in [-0.1, -0.05) is 36.4 Å². The first-order chi connectivity index (χ1) is 16.5. The Labute approximate surface area is 200 Å². The lowest BCUT2D eigenvalue weighted by atomic mass is 9.92. The average Bonchev–Trinajstić information content (AvgIpc) is 2.88. The van der Waals surface area contributed by atoms with Gasteiger partial charge in [0.05, 0.1) is 25.5 Å². The monoisotopic (exact) mass is 464 g/mol. The van der Waals surface area contributed by atoms with Crippen LogP contribution in [0.2, 0.25) is 0 Å². The van der Waals surface area contributed by atoms with Crippen LogP contribution in [0.15, 0.2) is 47.6 Å². The smallest absolute Gasteiger partial charge is 0.320 e. The number of hydrogen-bond donors (Lipinski definition) is 2. The molecule has 0 amide bonds. The van der Waals surface area contributed by atoms with Crippen LogP contribution in [-0.4, -0.2) is 72.4 Å². The highest BCUT2D eigenvalue weighted by atomic mass is 16.5. The van der Waals surface area contributed by atoms with Crippen molar-refractivity contribution in [1.82, 2.24) is 9.91 Å². The first-order valence-electron chi connectivity index (χ1n) is 11.9. The van der Waals surface area contributed by atoms with E-state index in [1.807, 2.05) is 53.6 Å². The first kappa shape index (κ1) is 24.1. The number of rotatable bonds is 8. The highest BCUT2D eigenvalue weighted by Gasteiger charge is 2.27. The van der Waals surface area contributed by atoms with Crippen LogP contribution in [0.1, 0.15) is 58.0 Å². The zero-order chi connectivity index (χ0) is 23.9. The maximum absolute atomic E-state index is 13.1. The lowest BCUT2D eigenvalue weighted by Gasteiger charge is -2.34. The number of benzene rings is 2. The van der Waals surface area contributed by atoms with E-state index in [9.17, 15) is 9.59 Å². The Morgan fingerprint density at radius 1 is 1.06 bits per heavy atom. The van der Waals surface area contributed by atoms with Crippen molar-refractivity contribution in [3.05, 3.63) is 70.3 Å². The molecule has 34 heavy (non-hydrogen) atoms. The maximum Gasteiger partial charge on any atom is 0.320 e. The highest BCUT2D eigenvalue weighted by molar-refractivity contribution is 6.09. The van der Waals surface area contributed by atoms with Gasteiger partial charge >= 0.3 is 5.97 Å². The number of ketones is 1. The molecule has 0 saturated carbocycles. The summed E-state index contributed by atoms with van der Waals surface area (Å²) < 4.78 is 4.96. The molecular weight excluding hydrogens is 432 g/mol. The average molecular weight is 465 g/mol. The molecular formula is C26H32N4O4. The van der Waals surface area contributed by atoms with E-state index in [4.69, 9.17) is 15.6 Å². The number of fused-ring (bicyclic) bond motifs is 1. The van der Waals surface area contributed by atoms with Gasteiger partial charge in [-0.05, 0) is 48.4 Å². The first-order valence-corrected chi connectivity index (χ1v) is 11.9. The van der Waals surface area contributed by atoms with Gasteiger partial charge in [0.25, 0.3) is 0 Å². The molecule has 2 aromatic carbocycles. The van der Waals surface area contributed by atoms with E-state index < -0.39 is 12.1 Å². The van der Waals surface area contributed by atoms with Gasteiger partial charge in [-0.15, -0.1) is 0 Å². The minimum atomic E-state index is -0.508. The summed E-state index contributed by atoms with van der Waals surface area (Å²) in [6, 6.07) is 13.1. The molecule has 180 valence electrons. The normalized spacial score (nSPS) is 18.6. The number of ether oxygens (including phenoxy) is 1. The van der Waals surface area contributed by atoms with Crippen molar-refractivity contribution in [2.75, 3.05) is 39.4 Å². The molecule has 8 heteroatoms. The molecule has 1 saturated heterocycles. The van der Waals surface area contributed by atoms with Crippen molar-refractivity contribution in [1.29, 1.82) is 0 Å². The molecule has 1 atom stereocenters. The summed E-state index contributed by atoms with van der Waals surface area (Å²) in [5.41, 5.74) is 10.5. The topological polar surface area (TPSA) is 108 Å². The Morgan fingerprint density at radius 2 is 1.79 bits per heavy atom. The number of aliphatic hydroxyl groups is 1. The molecule has 2 aliphatic rings. The summed E-state index contributed by atoms with van der Waals surface area (Å²) in [5, 5.41) is 15.5. The van der Waals surface area contributed by atoms with Crippen molar-refractivity contribution < 1.29 is 19.4 Å². The standard InChI is InChI=1S/C26H32N4O4/c27-26-23-16-22(9-8-20(23)10-13-29(26)18-24(32)34-15-14-31)25(33)21-6-4-19(5-7-21)17-28-30-11-2-1-3-12-30/h4-9,16-17,26,31H,1-3,10-15,18,27H2. The molecule has 0 radical (unpaired) electrons. The fourth-order valence-corrected chi connectivity index (χ4v) is 4.42. The Kier molecular flexibility index (Phi) is 8.05. The van der Waals surface area contributed by atoms with Crippen molar-refractivity contribution >= 4 is 18.0 Å². The van der Waals surface area contributed by atoms with E-state index in [1.54, 1.807) is 0 Å². The van der Waals surface area contributed by atoms with E-state index in [0.717, 1.165) is 36.2 Å². The minimum Gasteiger partial charge on any atom is -0.462 e. The number of aliphatic hydroxyl groups excluding tert-OH is 1. The number of carbonyl (C=O) groups excluding carboxylic acids is 2. The number of hydrogen-bond acceptors (Lipinski definition) is 8. The molecule has 2 aromatic rings. The molecule has 1 unspecified atom stereocenters. The van der Waals surface area contributed by atoms with Crippen LogP contribution in [-0.2, 0) is 16.0 Å². The Balaban J connectivity index is 1.43. The van der Waals surface area contributed by atoms with Crippen LogP contribution >= 0.6 is 0 Å². The number of esters is 1. The van der Waals surface area contributed by atoms with Gasteiger partial charge in [0.15, 0.2) is 5.78 Å². The van der Waals surface area contributed by atoms with Gasteiger partial charge in [0, 0.05) is 30.8 Å². The van der Waals surface area contributed by atoms with Crippen molar-refractivity contribution in [3.8, 4) is 0 Å². The third kappa shape index (κ3) is 5.88. The van der Waals surface area contributed by atoms with Gasteiger partial charge in [0.2, 0.25) is 0 Å². The molecule has 1 fully saturated rings. The summed E-state index contributed by atoms with van der Waals surface area (Å²) in [5.74, 6) is -0.502. The van der Waals surface area contributed by atoms with Gasteiger partial charge < -0.3 is 15.6 Å². The minimum absolute atomic E-state index is 0.0277. The molecule has 8 nitrogen and oxygen atoms in total. The fourth-order valence-electron chi connectivity index (χ4n) is 4.42. The summed E-state index contributed by atoms with van der Waals surface area (Å²) in [7, 11) is 0. The van der Waals surface area contributed by atoms with Crippen LogP contribution in [0.5, 0.6) is 0 Å². The van der Waals surface area contributed by atoms with Crippen LogP contribution in [0.4, 0.5) is 0 Å². The van der Waals surface area contributed by atoms with Crippen molar-refractivity contribution in [3.63, 3.8) is 0 Å². The molecule has 2 heterocycles. The Hall–Kier alpha value is -3.07. The van der Waals surface area contributed by atoms with Gasteiger partial charge in [-0.2, -0.15) is 5.10 Å². The molecule has 3 N–H and O–H groups in total. The summed E-state index contributed by atoms with van der Waals surface area (Å²) >= 11 is 0. The maximum atomic E-state index is 13.1. The second-order valence-corrected chi connectivity index (χ2v) is 8.73. The lowest BCUT2D eigenvalue weighted by molar-refractivity contribution is -0.146. The molecule has 2 aliphatic heterocycles. The number of nitrogens with zero attached hydrogens (tertiary/aromatic N) is 3. The Morgan fingerprint density at radius 3 is 2.53 bits per heavy atom. The second kappa shape index (κ2) is 11.4. The molecule has 0 spiro atoms. The molecule has 0 aromatic heterocycles. The second-order valence-electron chi connectivity index (χ2n) is 8.73. The van der Waals surface area contributed by atoms with Crippen molar-refractivity contribution in [2.45, 2.75) is 31.8 Å².